The highest BCUT2D eigenvalue weighted by Gasteiger charge is 2.33. The van der Waals surface area contributed by atoms with E-state index in [0.29, 0.717) is 45.4 Å². The summed E-state index contributed by atoms with van der Waals surface area (Å²) < 4.78 is 32.9. The van der Waals surface area contributed by atoms with Gasteiger partial charge in [0.25, 0.3) is 5.91 Å². The lowest BCUT2D eigenvalue weighted by molar-refractivity contribution is 0.0569. The first-order chi connectivity index (χ1) is 13.6. The Kier molecular flexibility index (Phi) is 6.01. The van der Waals surface area contributed by atoms with Gasteiger partial charge in [-0.2, -0.15) is 4.31 Å². The Morgan fingerprint density at radius 3 is 2.25 bits per heavy atom. The van der Waals surface area contributed by atoms with Crippen molar-refractivity contribution in [1.29, 1.82) is 0 Å². The second-order valence-electron chi connectivity index (χ2n) is 7.78. The fraction of sp³-hybridized carbons (Fsp3) is 0.650. The smallest absolute Gasteiger partial charge is 0.255 e. The van der Waals surface area contributed by atoms with Gasteiger partial charge in [-0.1, -0.05) is 25.0 Å². The summed E-state index contributed by atoms with van der Waals surface area (Å²) in [6.07, 6.45) is 5.12. The lowest BCUT2D eigenvalue weighted by Crippen LogP contribution is -2.51. The number of ether oxygens (including phenoxy) is 1. The maximum atomic E-state index is 13.2. The summed E-state index contributed by atoms with van der Waals surface area (Å²) in [5.74, 6) is -0.182. The first-order valence-corrected chi connectivity index (χ1v) is 11.7. The third-order valence-corrected chi connectivity index (χ3v) is 8.10. The fourth-order valence-electron chi connectivity index (χ4n) is 4.52. The number of nitrogens with zero attached hydrogens (tertiary/aromatic N) is 3. The summed E-state index contributed by atoms with van der Waals surface area (Å²) >= 11 is 0. The first-order valence-electron chi connectivity index (χ1n) is 10.3. The van der Waals surface area contributed by atoms with E-state index >= 15 is 0 Å². The normalized spacial score (nSPS) is 23.2. The Morgan fingerprint density at radius 1 is 0.929 bits per heavy atom. The van der Waals surface area contributed by atoms with E-state index in [2.05, 4.69) is 4.90 Å². The maximum Gasteiger partial charge on any atom is 0.255 e. The average molecular weight is 408 g/mol. The number of carbonyl (C=O) groups is 1. The van der Waals surface area contributed by atoms with Crippen molar-refractivity contribution in [2.75, 3.05) is 52.5 Å². The number of carbonyl (C=O) groups excluding carboxylic acids is 1. The lowest BCUT2D eigenvalue weighted by Gasteiger charge is -2.38. The van der Waals surface area contributed by atoms with Crippen molar-refractivity contribution >= 4 is 15.9 Å². The molecule has 1 aliphatic carbocycles. The molecule has 0 radical (unpaired) electrons. The van der Waals surface area contributed by atoms with E-state index in [4.69, 9.17) is 4.74 Å². The average Bonchev–Trinajstić information content (AvgIpc) is 3.29. The molecule has 0 atom stereocenters. The monoisotopic (exact) mass is 407 g/mol. The summed E-state index contributed by atoms with van der Waals surface area (Å²) in [6, 6.07) is 7.26. The quantitative estimate of drug-likeness (QED) is 0.755. The van der Waals surface area contributed by atoms with Gasteiger partial charge in [-0.15, -0.1) is 0 Å². The van der Waals surface area contributed by atoms with Crippen molar-refractivity contribution in [3.8, 4) is 0 Å². The Morgan fingerprint density at radius 2 is 1.57 bits per heavy atom. The molecule has 0 bridgehead atoms. The molecule has 0 spiro atoms. The van der Waals surface area contributed by atoms with Crippen LogP contribution in [0.2, 0.25) is 0 Å². The molecule has 1 aromatic carbocycles. The van der Waals surface area contributed by atoms with Crippen LogP contribution in [0.4, 0.5) is 0 Å². The van der Waals surface area contributed by atoms with Crippen LogP contribution in [-0.4, -0.2) is 87.0 Å². The Balaban J connectivity index is 1.49. The second kappa shape index (κ2) is 8.49. The lowest BCUT2D eigenvalue weighted by atomic mass is 10.1. The minimum Gasteiger partial charge on any atom is -0.379 e. The molecule has 28 heavy (non-hydrogen) atoms. The molecule has 8 heteroatoms. The minimum atomic E-state index is -3.70. The van der Waals surface area contributed by atoms with Gasteiger partial charge in [0, 0.05) is 45.3 Å². The largest absolute Gasteiger partial charge is 0.379 e. The van der Waals surface area contributed by atoms with Gasteiger partial charge in [-0.05, 0) is 25.0 Å². The van der Waals surface area contributed by atoms with Gasteiger partial charge in [0.2, 0.25) is 10.0 Å². The van der Waals surface area contributed by atoms with Crippen LogP contribution in [0, 0.1) is 0 Å². The maximum absolute atomic E-state index is 13.2. The molecule has 0 unspecified atom stereocenters. The third kappa shape index (κ3) is 3.96. The molecule has 1 amide bonds. The summed E-state index contributed by atoms with van der Waals surface area (Å²) in [6.45, 7) is 4.47. The molecule has 3 aliphatic rings. The first kappa shape index (κ1) is 19.8. The van der Waals surface area contributed by atoms with Gasteiger partial charge in [0.15, 0.2) is 0 Å². The predicted octanol–water partition coefficient (Wildman–Crippen LogP) is 1.41. The van der Waals surface area contributed by atoms with E-state index in [1.807, 2.05) is 0 Å². The number of amides is 1. The Hall–Kier alpha value is -1.48. The van der Waals surface area contributed by atoms with Gasteiger partial charge in [0.1, 0.15) is 0 Å². The van der Waals surface area contributed by atoms with E-state index in [9.17, 15) is 13.2 Å². The molecular weight excluding hydrogens is 378 g/mol. The van der Waals surface area contributed by atoms with Crippen molar-refractivity contribution < 1.29 is 17.9 Å². The van der Waals surface area contributed by atoms with Crippen molar-refractivity contribution in [3.63, 3.8) is 0 Å². The summed E-state index contributed by atoms with van der Waals surface area (Å²) in [7, 11) is -3.70. The molecule has 2 saturated heterocycles. The molecule has 2 heterocycles. The van der Waals surface area contributed by atoms with Gasteiger partial charge >= 0.3 is 0 Å². The summed E-state index contributed by atoms with van der Waals surface area (Å²) in [5, 5.41) is 0. The molecule has 154 valence electrons. The van der Waals surface area contributed by atoms with Gasteiger partial charge in [0.05, 0.1) is 23.7 Å². The molecule has 2 aliphatic heterocycles. The highest BCUT2D eigenvalue weighted by atomic mass is 32.2. The van der Waals surface area contributed by atoms with Crippen molar-refractivity contribution in [1.82, 2.24) is 14.1 Å². The van der Waals surface area contributed by atoms with E-state index < -0.39 is 10.0 Å². The van der Waals surface area contributed by atoms with Crippen LogP contribution in [-0.2, 0) is 14.8 Å². The van der Waals surface area contributed by atoms with Gasteiger partial charge in [-0.25, -0.2) is 8.42 Å². The standard InChI is InChI=1S/C20H29N3O4S/c24-20(22-11-9-21(10-12-22)17-5-1-2-6-17)18-7-3-4-8-19(18)28(25,26)23-13-15-27-16-14-23/h3-4,7-8,17H,1-2,5-6,9-16H2. The van der Waals surface area contributed by atoms with Crippen molar-refractivity contribution in [2.24, 2.45) is 0 Å². The number of hydrogen-bond acceptors (Lipinski definition) is 5. The zero-order chi connectivity index (χ0) is 19.6. The zero-order valence-corrected chi connectivity index (χ0v) is 17.1. The van der Waals surface area contributed by atoms with Crippen LogP contribution in [0.15, 0.2) is 29.2 Å². The number of rotatable bonds is 4. The summed E-state index contributed by atoms with van der Waals surface area (Å²) in [5.41, 5.74) is 0.281. The number of sulfonamides is 1. The van der Waals surface area contributed by atoms with Crippen LogP contribution < -0.4 is 0 Å². The van der Waals surface area contributed by atoms with Crippen molar-refractivity contribution in [2.45, 2.75) is 36.6 Å². The Bertz CT molecular complexity index is 793. The third-order valence-electron chi connectivity index (χ3n) is 6.15. The molecule has 0 aromatic heterocycles. The van der Waals surface area contributed by atoms with Crippen LogP contribution in [0.1, 0.15) is 36.0 Å². The zero-order valence-electron chi connectivity index (χ0n) is 16.3. The number of morpholine rings is 1. The number of hydrogen-bond donors (Lipinski definition) is 0. The van der Waals surface area contributed by atoms with Crippen LogP contribution in [0.5, 0.6) is 0 Å². The topological polar surface area (TPSA) is 70.2 Å². The fourth-order valence-corrected chi connectivity index (χ4v) is 6.12. The van der Waals surface area contributed by atoms with Crippen LogP contribution >= 0.6 is 0 Å². The number of benzene rings is 1. The van der Waals surface area contributed by atoms with Gasteiger partial charge < -0.3 is 9.64 Å². The van der Waals surface area contributed by atoms with Crippen LogP contribution in [0.3, 0.4) is 0 Å². The predicted molar refractivity (Wildman–Crippen MR) is 106 cm³/mol. The Labute approximate surface area is 167 Å². The summed E-state index contributed by atoms with van der Waals surface area (Å²) in [4.78, 5) is 17.6. The van der Waals surface area contributed by atoms with Crippen LogP contribution in [0.25, 0.3) is 0 Å². The number of piperazine rings is 1. The van der Waals surface area contributed by atoms with E-state index in [-0.39, 0.29) is 16.4 Å². The molecule has 7 nitrogen and oxygen atoms in total. The van der Waals surface area contributed by atoms with Gasteiger partial charge in [-0.3, -0.25) is 9.69 Å². The highest BCUT2D eigenvalue weighted by Crippen LogP contribution is 2.26. The molecule has 4 rings (SSSR count). The molecule has 0 N–H and O–H groups in total. The second-order valence-corrected chi connectivity index (χ2v) is 9.69. The SMILES string of the molecule is O=C(c1ccccc1S(=O)(=O)N1CCOCC1)N1CCN(C2CCCC2)CC1. The van der Waals surface area contributed by atoms with E-state index in [0.717, 1.165) is 13.1 Å². The minimum absolute atomic E-state index is 0.111. The molecule has 1 saturated carbocycles. The molecular formula is C20H29N3O4S. The van der Waals surface area contributed by atoms with E-state index in [1.165, 1.54) is 30.0 Å². The molecule has 3 fully saturated rings. The van der Waals surface area contributed by atoms with Crippen molar-refractivity contribution in [3.05, 3.63) is 29.8 Å². The highest BCUT2D eigenvalue weighted by molar-refractivity contribution is 7.89. The van der Waals surface area contributed by atoms with E-state index in [1.54, 1.807) is 29.2 Å². The molecule has 1 aromatic rings.